The van der Waals surface area contributed by atoms with Crippen LogP contribution in [0.1, 0.15) is 5.56 Å². The van der Waals surface area contributed by atoms with Gasteiger partial charge in [-0.25, -0.2) is 14.4 Å². The van der Waals surface area contributed by atoms with Crippen LogP contribution in [0.3, 0.4) is 0 Å². The lowest BCUT2D eigenvalue weighted by molar-refractivity contribution is 0.414. The molecule has 1 heterocycles. The van der Waals surface area contributed by atoms with E-state index in [1.165, 1.54) is 18.5 Å². The van der Waals surface area contributed by atoms with E-state index >= 15 is 0 Å². The van der Waals surface area contributed by atoms with Gasteiger partial charge in [-0.3, -0.25) is 0 Å². The van der Waals surface area contributed by atoms with Crippen LogP contribution in [0.2, 0.25) is 5.02 Å². The molecule has 3 aromatic rings. The van der Waals surface area contributed by atoms with E-state index in [1.54, 1.807) is 19.2 Å². The molecule has 0 spiro atoms. The van der Waals surface area contributed by atoms with Crippen LogP contribution in [0.25, 0.3) is 0 Å². The molecule has 0 radical (unpaired) electrons. The van der Waals surface area contributed by atoms with Gasteiger partial charge in [0.1, 0.15) is 29.5 Å². The Balaban J connectivity index is 1.65. The molecule has 0 atom stereocenters. The standard InChI is InChI=1S/C18H16ClFN4O/c1-25-14-5-2-12(3-6-14)10-21-17-9-18(23-11-22-17)24-13-4-7-16(20)15(19)8-13/h2-9,11H,10H2,1H3,(H2,21,22,23,24). The van der Waals surface area contributed by atoms with Crippen LogP contribution in [-0.4, -0.2) is 17.1 Å². The molecule has 1 aromatic heterocycles. The zero-order valence-corrected chi connectivity index (χ0v) is 14.2. The van der Waals surface area contributed by atoms with Crippen molar-refractivity contribution in [3.63, 3.8) is 0 Å². The van der Waals surface area contributed by atoms with Gasteiger partial charge in [-0.15, -0.1) is 0 Å². The van der Waals surface area contributed by atoms with Crippen molar-refractivity contribution in [3.8, 4) is 5.75 Å². The number of rotatable bonds is 6. The van der Waals surface area contributed by atoms with E-state index in [1.807, 2.05) is 24.3 Å². The molecular weight excluding hydrogens is 343 g/mol. The summed E-state index contributed by atoms with van der Waals surface area (Å²) in [5, 5.41) is 6.35. The molecule has 0 aliphatic carbocycles. The first-order chi connectivity index (χ1) is 12.1. The maximum atomic E-state index is 13.2. The maximum Gasteiger partial charge on any atom is 0.141 e. The number of hydrogen-bond donors (Lipinski definition) is 2. The smallest absolute Gasteiger partial charge is 0.141 e. The van der Waals surface area contributed by atoms with Crippen LogP contribution in [-0.2, 0) is 6.54 Å². The lowest BCUT2D eigenvalue weighted by Crippen LogP contribution is -2.03. The van der Waals surface area contributed by atoms with Gasteiger partial charge in [-0.05, 0) is 35.9 Å². The molecule has 2 N–H and O–H groups in total. The molecule has 7 heteroatoms. The summed E-state index contributed by atoms with van der Waals surface area (Å²) in [7, 11) is 1.64. The fourth-order valence-corrected chi connectivity index (χ4v) is 2.36. The number of aromatic nitrogens is 2. The summed E-state index contributed by atoms with van der Waals surface area (Å²) in [5.41, 5.74) is 1.74. The summed E-state index contributed by atoms with van der Waals surface area (Å²) in [6.07, 6.45) is 1.45. The summed E-state index contributed by atoms with van der Waals surface area (Å²) < 4.78 is 18.3. The second kappa shape index (κ2) is 7.81. The zero-order valence-electron chi connectivity index (χ0n) is 13.5. The van der Waals surface area contributed by atoms with Crippen molar-refractivity contribution in [1.82, 2.24) is 9.97 Å². The largest absolute Gasteiger partial charge is 0.497 e. The van der Waals surface area contributed by atoms with E-state index in [4.69, 9.17) is 16.3 Å². The van der Waals surface area contributed by atoms with Crippen molar-refractivity contribution in [2.45, 2.75) is 6.54 Å². The average Bonchev–Trinajstić information content (AvgIpc) is 2.64. The SMILES string of the molecule is COc1ccc(CNc2cc(Nc3ccc(F)c(Cl)c3)ncn2)cc1. The molecule has 2 aromatic carbocycles. The molecule has 5 nitrogen and oxygen atoms in total. The summed E-state index contributed by atoms with van der Waals surface area (Å²) in [6.45, 7) is 0.614. The molecular formula is C18H16ClFN4O. The highest BCUT2D eigenvalue weighted by atomic mass is 35.5. The predicted octanol–water partition coefficient (Wildman–Crippen LogP) is 4.63. The Bertz CT molecular complexity index is 858. The Morgan fingerprint density at radius 2 is 1.80 bits per heavy atom. The van der Waals surface area contributed by atoms with Gasteiger partial charge in [-0.2, -0.15) is 0 Å². The Labute approximate surface area is 149 Å². The Kier molecular flexibility index (Phi) is 5.30. The van der Waals surface area contributed by atoms with E-state index in [-0.39, 0.29) is 5.02 Å². The van der Waals surface area contributed by atoms with Crippen molar-refractivity contribution < 1.29 is 9.13 Å². The Morgan fingerprint density at radius 3 is 2.52 bits per heavy atom. The van der Waals surface area contributed by atoms with Gasteiger partial charge in [0.25, 0.3) is 0 Å². The summed E-state index contributed by atoms with van der Waals surface area (Å²) in [4.78, 5) is 8.34. The van der Waals surface area contributed by atoms with Crippen LogP contribution in [0.15, 0.2) is 54.9 Å². The van der Waals surface area contributed by atoms with Crippen LogP contribution < -0.4 is 15.4 Å². The van der Waals surface area contributed by atoms with Crippen LogP contribution in [0, 0.1) is 5.82 Å². The molecule has 25 heavy (non-hydrogen) atoms. The minimum atomic E-state index is -0.461. The van der Waals surface area contributed by atoms with Crippen molar-refractivity contribution in [3.05, 3.63) is 71.3 Å². The third-order valence-corrected chi connectivity index (χ3v) is 3.78. The third kappa shape index (κ3) is 4.58. The molecule has 3 rings (SSSR count). The molecule has 0 saturated heterocycles. The molecule has 0 fully saturated rings. The maximum absolute atomic E-state index is 13.2. The monoisotopic (exact) mass is 358 g/mol. The molecule has 0 saturated carbocycles. The Hall–Kier alpha value is -2.86. The molecule has 0 unspecified atom stereocenters. The molecule has 0 aliphatic heterocycles. The van der Waals surface area contributed by atoms with E-state index in [0.717, 1.165) is 11.3 Å². The number of nitrogens with zero attached hydrogens (tertiary/aromatic N) is 2. The quantitative estimate of drug-likeness (QED) is 0.672. The van der Waals surface area contributed by atoms with Crippen LogP contribution in [0.4, 0.5) is 21.7 Å². The number of methoxy groups -OCH3 is 1. The minimum absolute atomic E-state index is 0.0527. The number of ether oxygens (including phenoxy) is 1. The molecule has 128 valence electrons. The van der Waals surface area contributed by atoms with Gasteiger partial charge in [0.15, 0.2) is 0 Å². The fourth-order valence-electron chi connectivity index (χ4n) is 2.18. The normalized spacial score (nSPS) is 10.4. The molecule has 0 aliphatic rings. The first-order valence-electron chi connectivity index (χ1n) is 7.55. The zero-order chi connectivity index (χ0) is 17.6. The van der Waals surface area contributed by atoms with Gasteiger partial charge in [-0.1, -0.05) is 23.7 Å². The second-order valence-electron chi connectivity index (χ2n) is 5.24. The van der Waals surface area contributed by atoms with Crippen LogP contribution >= 0.6 is 11.6 Å². The molecule has 0 bridgehead atoms. The van der Waals surface area contributed by atoms with Gasteiger partial charge in [0.2, 0.25) is 0 Å². The van der Waals surface area contributed by atoms with Gasteiger partial charge < -0.3 is 15.4 Å². The van der Waals surface area contributed by atoms with Gasteiger partial charge in [0, 0.05) is 18.3 Å². The summed E-state index contributed by atoms with van der Waals surface area (Å²) in [5.74, 6) is 1.60. The van der Waals surface area contributed by atoms with E-state index < -0.39 is 5.82 Å². The number of halogens is 2. The predicted molar refractivity (Wildman–Crippen MR) is 97.0 cm³/mol. The lowest BCUT2D eigenvalue weighted by atomic mass is 10.2. The topological polar surface area (TPSA) is 59.1 Å². The fraction of sp³-hybridized carbons (Fsp3) is 0.111. The van der Waals surface area contributed by atoms with Crippen molar-refractivity contribution in [2.24, 2.45) is 0 Å². The number of anilines is 3. The van der Waals surface area contributed by atoms with E-state index in [9.17, 15) is 4.39 Å². The second-order valence-corrected chi connectivity index (χ2v) is 5.65. The lowest BCUT2D eigenvalue weighted by Gasteiger charge is -2.09. The highest BCUT2D eigenvalue weighted by molar-refractivity contribution is 6.31. The van der Waals surface area contributed by atoms with Crippen molar-refractivity contribution >= 4 is 28.9 Å². The Morgan fingerprint density at radius 1 is 1.04 bits per heavy atom. The van der Waals surface area contributed by atoms with Gasteiger partial charge >= 0.3 is 0 Å². The average molecular weight is 359 g/mol. The minimum Gasteiger partial charge on any atom is -0.497 e. The summed E-state index contributed by atoms with van der Waals surface area (Å²) in [6, 6.07) is 13.9. The first kappa shape index (κ1) is 17.0. The number of benzene rings is 2. The van der Waals surface area contributed by atoms with Gasteiger partial charge in [0.05, 0.1) is 12.1 Å². The van der Waals surface area contributed by atoms with Crippen LogP contribution in [0.5, 0.6) is 5.75 Å². The molecule has 0 amide bonds. The highest BCUT2D eigenvalue weighted by Crippen LogP contribution is 2.22. The van der Waals surface area contributed by atoms with Crippen molar-refractivity contribution in [2.75, 3.05) is 17.7 Å². The van der Waals surface area contributed by atoms with Crippen molar-refractivity contribution in [1.29, 1.82) is 0 Å². The number of hydrogen-bond acceptors (Lipinski definition) is 5. The summed E-state index contributed by atoms with van der Waals surface area (Å²) >= 11 is 5.78. The van der Waals surface area contributed by atoms with E-state index in [2.05, 4.69) is 20.6 Å². The van der Waals surface area contributed by atoms with E-state index in [0.29, 0.717) is 23.9 Å². The third-order valence-electron chi connectivity index (χ3n) is 3.49. The number of nitrogens with one attached hydrogen (secondary N) is 2. The first-order valence-corrected chi connectivity index (χ1v) is 7.93. The highest BCUT2D eigenvalue weighted by Gasteiger charge is 2.03.